The van der Waals surface area contributed by atoms with Crippen LogP contribution < -0.4 is 5.32 Å². The molecule has 6 spiro atoms. The Balaban J connectivity index is 0.872. The zero-order valence-electron chi connectivity index (χ0n) is 46.4. The minimum atomic E-state index is -1.54. The number of esters is 2. The molecule has 2 aromatic rings. The summed E-state index contributed by atoms with van der Waals surface area (Å²) in [6.07, 6.45) is 18.3. The summed E-state index contributed by atoms with van der Waals surface area (Å²) in [6.45, 7) is 5.87. The van der Waals surface area contributed by atoms with Crippen molar-refractivity contribution in [3.8, 4) is 11.8 Å². The van der Waals surface area contributed by atoms with Crippen molar-refractivity contribution in [1.82, 2.24) is 10.2 Å². The molecule has 0 unspecified atom stereocenters. The monoisotopic (exact) mass is 1090 g/mol. The lowest BCUT2D eigenvalue weighted by molar-refractivity contribution is -0.320. The molecular weight excluding hydrogens is 1010 g/mol. The molecule has 13 nitrogen and oxygen atoms in total. The Morgan fingerprint density at radius 1 is 0.963 bits per heavy atom. The molecule has 0 amide bonds. The third-order valence-corrected chi connectivity index (χ3v) is 27.5. The van der Waals surface area contributed by atoms with Crippen molar-refractivity contribution in [2.45, 2.75) is 170 Å². The van der Waals surface area contributed by atoms with Crippen molar-refractivity contribution >= 4 is 17.7 Å². The molecule has 422 valence electrons. The number of aliphatic hydroxyl groups excluding tert-OH is 3. The summed E-state index contributed by atoms with van der Waals surface area (Å²) in [6, 6.07) is 11.1. The first-order valence-corrected chi connectivity index (χ1v) is 31.5. The number of Topliss-reactive ketones (excluding diaryl/α,β-unsaturated/α-hetero) is 1. The van der Waals surface area contributed by atoms with Crippen LogP contribution in [0.1, 0.15) is 126 Å². The summed E-state index contributed by atoms with van der Waals surface area (Å²) in [5.74, 6) is 5.69. The number of aryl methyl sites for hydroxylation is 1. The fraction of sp³-hybridized carbons (Fsp3) is 0.716. The van der Waals surface area contributed by atoms with Crippen LogP contribution in [-0.4, -0.2) is 106 Å². The lowest BCUT2D eigenvalue weighted by Gasteiger charge is -2.74. The number of hydrogen-bond acceptors (Lipinski definition) is 13. The van der Waals surface area contributed by atoms with E-state index in [1.807, 2.05) is 6.26 Å². The predicted octanol–water partition coefficient (Wildman–Crippen LogP) is 7.13. The third kappa shape index (κ3) is 5.32. The van der Waals surface area contributed by atoms with Crippen molar-refractivity contribution in [1.29, 1.82) is 0 Å². The van der Waals surface area contributed by atoms with Gasteiger partial charge in [-0.1, -0.05) is 67.7 Å². The molecule has 16 aliphatic rings. The number of furan rings is 1. The van der Waals surface area contributed by atoms with Crippen LogP contribution in [0.2, 0.25) is 0 Å². The Kier molecular flexibility index (Phi) is 9.78. The quantitative estimate of drug-likeness (QED) is 0.0954. The standard InChI is InChI=1S/C67H78N2O11/c1-60-21-18-44-26-43-9-6-20-62(43)29-41-28-61(2)65-42(16-13-40-32-76-50(51(40)65)27-46(49(71)31-70)38-14-17-45-39(25-38)19-22-69-34-68-30-48(45)69)15-12-37-11-10-36(23-35-7-4-3-5-8-35)24-47(37)64(67(61)57(78-67)59(75)79-65)53(41)63(54(60)52(72)56(64)73)33-77-58(74)55(62)66(44,63)80-60/h3-5,7-8,18-19,22,32,36-39,41-43,45-49,53-57,68,70-71,73H,6,9-11,13-14,16-17,20-21,23-31,33-34H2,1-2H3/t36-,37-,38+,39-,41-,42+,43+,45+,46+,47-,48-,49-,53-,54-,55-,56-,57-,60+,61+,62+,63-,64+,65+,66+,67-/m1/s1. The summed E-state index contributed by atoms with van der Waals surface area (Å²) in [5, 5.41) is 41.3. The third-order valence-electron chi connectivity index (χ3n) is 27.5. The normalized spacial score (nSPS) is 52.9. The molecule has 80 heavy (non-hydrogen) atoms. The number of ether oxygens (including phenoxy) is 4. The number of nitrogens with zero attached hydrogens (tertiary/aromatic N) is 1. The topological polar surface area (TPSA) is 181 Å². The molecule has 9 bridgehead atoms. The van der Waals surface area contributed by atoms with Gasteiger partial charge in [0.1, 0.15) is 29.7 Å². The molecule has 18 rings (SSSR count). The van der Waals surface area contributed by atoms with Crippen LogP contribution in [0.25, 0.3) is 0 Å². The second kappa shape index (κ2) is 15.9. The first-order valence-electron chi connectivity index (χ1n) is 31.5. The number of carbonyl (C=O) groups is 3. The lowest BCUT2D eigenvalue weighted by Crippen LogP contribution is -2.84. The maximum atomic E-state index is 17.0. The van der Waals surface area contributed by atoms with Gasteiger partial charge in [0.15, 0.2) is 17.5 Å². The number of nitrogens with one attached hydrogen (secondary N) is 1. The number of rotatable bonds is 7. The minimum absolute atomic E-state index is 0.0210. The second-order valence-electron chi connectivity index (χ2n) is 29.8. The molecule has 12 fully saturated rings. The highest BCUT2D eigenvalue weighted by Crippen LogP contribution is 2.91. The minimum Gasteiger partial charge on any atom is -0.469 e. The van der Waals surface area contributed by atoms with Gasteiger partial charge in [0.05, 0.1) is 54.4 Å². The van der Waals surface area contributed by atoms with E-state index in [-0.39, 0.29) is 66.4 Å². The number of carbonyl (C=O) groups excluding carboxylic acids is 3. The summed E-state index contributed by atoms with van der Waals surface area (Å²) >= 11 is 0. The van der Waals surface area contributed by atoms with E-state index in [2.05, 4.69) is 84.6 Å². The number of cyclic esters (lactones) is 1. The van der Waals surface area contributed by atoms with Crippen LogP contribution in [0, 0.1) is 110 Å². The molecule has 8 heterocycles. The van der Waals surface area contributed by atoms with E-state index in [0.29, 0.717) is 68.6 Å². The van der Waals surface area contributed by atoms with E-state index in [4.69, 9.17) is 23.4 Å². The van der Waals surface area contributed by atoms with Gasteiger partial charge in [-0.05, 0) is 185 Å². The summed E-state index contributed by atoms with van der Waals surface area (Å²) in [4.78, 5) is 50.9. The van der Waals surface area contributed by atoms with E-state index in [1.165, 1.54) is 5.56 Å². The molecular formula is C67H78N2O11. The average molecular weight is 1090 g/mol. The van der Waals surface area contributed by atoms with Gasteiger partial charge in [0, 0.05) is 41.3 Å². The Morgan fingerprint density at radius 2 is 1.84 bits per heavy atom. The zero-order chi connectivity index (χ0) is 53.9. The number of fused-ring (bicyclic) bond motifs is 7. The fourth-order valence-electron chi connectivity index (χ4n) is 25.4. The van der Waals surface area contributed by atoms with Gasteiger partial charge in [0.25, 0.3) is 0 Å². The molecule has 4 N–H and O–H groups in total. The number of hydrogen-bond donors (Lipinski definition) is 4. The van der Waals surface area contributed by atoms with Gasteiger partial charge < -0.3 is 43.6 Å². The maximum Gasteiger partial charge on any atom is 0.339 e. The van der Waals surface area contributed by atoms with Gasteiger partial charge in [-0.25, -0.2) is 4.79 Å². The molecule has 0 radical (unpaired) electrons. The van der Waals surface area contributed by atoms with Crippen LogP contribution >= 0.6 is 0 Å². The van der Waals surface area contributed by atoms with Crippen LogP contribution in [0.15, 0.2) is 64.9 Å². The van der Waals surface area contributed by atoms with Crippen LogP contribution in [-0.2, 0) is 58.2 Å². The second-order valence-corrected chi connectivity index (χ2v) is 29.8. The SMILES string of the molecule is C[C@]12C[C@@H]3C[C@@]45CCC[C@H]4CC4=CC[C@]6(C)O[C@]47[C@@H]5C(=O)OC[C@]74[C@@H]3[C@]3([C@H](O)C(=O)[C@@H]46)[C@@H]4C[C@@H](Cc5ccccc5)CC[C@@H]4C#C[C@H]4CCc5coc(C[C@@H]([C@H]6CC[C@H]7[C@H](C=CN8CNC[C@H]78)C6)[C@H](O)CO)c5[C@@]41OC(=O)[C@H]1O[C@@]132. The maximum absolute atomic E-state index is 17.0. The van der Waals surface area contributed by atoms with Crippen molar-refractivity contribution in [2.75, 3.05) is 26.4 Å². The van der Waals surface area contributed by atoms with E-state index >= 15 is 14.4 Å². The Morgan fingerprint density at radius 3 is 2.70 bits per heavy atom. The predicted molar refractivity (Wildman–Crippen MR) is 288 cm³/mol. The Bertz CT molecular complexity index is 3200. The van der Waals surface area contributed by atoms with E-state index < -0.39 is 92.0 Å². The molecule has 13 heteroatoms. The van der Waals surface area contributed by atoms with Crippen LogP contribution in [0.5, 0.6) is 0 Å². The van der Waals surface area contributed by atoms with Gasteiger partial charge >= 0.3 is 11.9 Å². The van der Waals surface area contributed by atoms with E-state index in [1.54, 1.807) is 0 Å². The molecule has 7 saturated carbocycles. The number of aliphatic hydroxyl groups is 3. The first kappa shape index (κ1) is 49.2. The van der Waals surface area contributed by atoms with Crippen molar-refractivity contribution < 1.29 is 53.1 Å². The van der Waals surface area contributed by atoms with Gasteiger partial charge in [-0.3, -0.25) is 14.9 Å². The van der Waals surface area contributed by atoms with Gasteiger partial charge in [-0.15, -0.1) is 0 Å². The van der Waals surface area contributed by atoms with Gasteiger partial charge in [-0.2, -0.15) is 0 Å². The number of ketones is 1. The fourth-order valence-corrected chi connectivity index (χ4v) is 25.4. The average Bonchev–Trinajstić information content (AvgIpc) is 1.76. The van der Waals surface area contributed by atoms with Crippen molar-refractivity contribution in [3.05, 3.63) is 83.0 Å². The van der Waals surface area contributed by atoms with E-state index in [0.717, 1.165) is 94.1 Å². The van der Waals surface area contributed by atoms with Crippen molar-refractivity contribution in [3.63, 3.8) is 0 Å². The highest BCUT2D eigenvalue weighted by Gasteiger charge is 3.00. The highest BCUT2D eigenvalue weighted by atomic mass is 16.7. The largest absolute Gasteiger partial charge is 0.469 e. The Labute approximate surface area is 468 Å². The molecule has 9 aliphatic carbocycles. The molecule has 25 atom stereocenters. The summed E-state index contributed by atoms with van der Waals surface area (Å²) < 4.78 is 37.0. The zero-order valence-corrected chi connectivity index (χ0v) is 46.4. The lowest BCUT2D eigenvalue weighted by atomic mass is 9.28. The van der Waals surface area contributed by atoms with Crippen LogP contribution in [0.3, 0.4) is 0 Å². The number of benzene rings is 1. The van der Waals surface area contributed by atoms with E-state index in [9.17, 15) is 15.3 Å². The smallest absolute Gasteiger partial charge is 0.339 e. The van der Waals surface area contributed by atoms with Crippen LogP contribution in [0.4, 0.5) is 0 Å². The molecule has 1 aromatic carbocycles. The van der Waals surface area contributed by atoms with Gasteiger partial charge in [0.2, 0.25) is 0 Å². The van der Waals surface area contributed by atoms with Crippen molar-refractivity contribution in [2.24, 2.45) is 98.6 Å². The highest BCUT2D eigenvalue weighted by molar-refractivity contribution is 5.94. The molecule has 5 saturated heterocycles. The first-order chi connectivity index (χ1) is 38.7. The summed E-state index contributed by atoms with van der Waals surface area (Å²) in [7, 11) is 0. The molecule has 7 aliphatic heterocycles. The summed E-state index contributed by atoms with van der Waals surface area (Å²) in [5.41, 5.74) is -4.80. The number of allylic oxidation sites excluding steroid dienone is 1. The molecule has 1 aromatic heterocycles. The number of epoxide rings is 1. The Hall–Kier alpha value is -4.29.